The summed E-state index contributed by atoms with van der Waals surface area (Å²) >= 11 is 0. The van der Waals surface area contributed by atoms with Gasteiger partial charge in [0.25, 0.3) is 5.69 Å². The largest absolute Gasteiger partial charge is 0.309 e. The molecular formula is C13H15FN4O2. The molecule has 1 aromatic carbocycles. The fraction of sp³-hybridized carbons (Fsp3) is 0.308. The summed E-state index contributed by atoms with van der Waals surface area (Å²) in [7, 11) is 0. The first kappa shape index (κ1) is 14.1. The van der Waals surface area contributed by atoms with Gasteiger partial charge in [0.2, 0.25) is 0 Å². The minimum Gasteiger partial charge on any atom is -0.309 e. The molecule has 106 valence electrons. The van der Waals surface area contributed by atoms with Crippen LogP contribution in [0.2, 0.25) is 0 Å². The van der Waals surface area contributed by atoms with Crippen molar-refractivity contribution in [3.63, 3.8) is 0 Å². The van der Waals surface area contributed by atoms with Crippen LogP contribution in [0.1, 0.15) is 19.5 Å². The van der Waals surface area contributed by atoms with Crippen LogP contribution in [-0.4, -0.2) is 20.7 Å². The number of benzene rings is 1. The summed E-state index contributed by atoms with van der Waals surface area (Å²) in [6, 6.07) is 5.60. The first-order chi connectivity index (χ1) is 9.47. The smallest absolute Gasteiger partial charge is 0.272 e. The topological polar surface area (TPSA) is 73.0 Å². The standard InChI is InChI=1S/C13H15FN4O2/c1-9(2)15-8-10-5-6-17(16-10)13-4-3-11(18(19)20)7-12(13)14/h3-7,9,15H,8H2,1-2H3. The van der Waals surface area contributed by atoms with Gasteiger partial charge in [-0.1, -0.05) is 13.8 Å². The molecule has 6 nitrogen and oxygen atoms in total. The minimum atomic E-state index is -0.675. The van der Waals surface area contributed by atoms with Crippen molar-refractivity contribution in [2.75, 3.05) is 0 Å². The second-order valence-corrected chi connectivity index (χ2v) is 4.68. The highest BCUT2D eigenvalue weighted by molar-refractivity contribution is 5.42. The molecule has 0 saturated carbocycles. The van der Waals surface area contributed by atoms with E-state index in [9.17, 15) is 14.5 Å². The Kier molecular flexibility index (Phi) is 4.09. The lowest BCUT2D eigenvalue weighted by molar-refractivity contribution is -0.385. The van der Waals surface area contributed by atoms with E-state index in [0.29, 0.717) is 12.6 Å². The second kappa shape index (κ2) is 5.79. The Morgan fingerprint density at radius 2 is 2.20 bits per heavy atom. The molecule has 0 atom stereocenters. The van der Waals surface area contributed by atoms with Crippen molar-refractivity contribution in [1.82, 2.24) is 15.1 Å². The Morgan fingerprint density at radius 1 is 1.45 bits per heavy atom. The Labute approximate surface area is 115 Å². The summed E-state index contributed by atoms with van der Waals surface area (Å²) in [6.07, 6.45) is 1.63. The van der Waals surface area contributed by atoms with Gasteiger partial charge in [-0.3, -0.25) is 10.1 Å². The van der Waals surface area contributed by atoms with Gasteiger partial charge in [-0.25, -0.2) is 9.07 Å². The minimum absolute atomic E-state index is 0.186. The van der Waals surface area contributed by atoms with Gasteiger partial charge in [-0.2, -0.15) is 5.10 Å². The third-order valence-electron chi connectivity index (χ3n) is 2.72. The lowest BCUT2D eigenvalue weighted by Gasteiger charge is -2.05. The molecule has 0 aliphatic heterocycles. The van der Waals surface area contributed by atoms with E-state index in [2.05, 4.69) is 10.4 Å². The first-order valence-electron chi connectivity index (χ1n) is 6.19. The number of nitrogens with one attached hydrogen (secondary N) is 1. The number of hydrogen-bond donors (Lipinski definition) is 1. The third kappa shape index (κ3) is 3.18. The van der Waals surface area contributed by atoms with Crippen LogP contribution in [-0.2, 0) is 6.54 Å². The van der Waals surface area contributed by atoms with Crippen molar-refractivity contribution in [2.45, 2.75) is 26.4 Å². The molecule has 0 amide bonds. The normalized spacial score (nSPS) is 11.0. The predicted octanol–water partition coefficient (Wildman–Crippen LogP) is 2.42. The Morgan fingerprint density at radius 3 is 2.80 bits per heavy atom. The van der Waals surface area contributed by atoms with Crippen LogP contribution in [0.4, 0.5) is 10.1 Å². The molecule has 0 fully saturated rings. The predicted molar refractivity (Wildman–Crippen MR) is 72.2 cm³/mol. The number of rotatable bonds is 5. The summed E-state index contributed by atoms with van der Waals surface area (Å²) in [6.45, 7) is 4.62. The van der Waals surface area contributed by atoms with Crippen LogP contribution in [0, 0.1) is 15.9 Å². The van der Waals surface area contributed by atoms with E-state index in [0.717, 1.165) is 11.8 Å². The Bertz CT molecular complexity index is 625. The fourth-order valence-electron chi connectivity index (χ4n) is 1.69. The average Bonchev–Trinajstić information content (AvgIpc) is 2.84. The van der Waals surface area contributed by atoms with E-state index in [4.69, 9.17) is 0 Å². The number of hydrogen-bond acceptors (Lipinski definition) is 4. The van der Waals surface area contributed by atoms with Crippen LogP contribution in [0.3, 0.4) is 0 Å². The van der Waals surface area contributed by atoms with Crippen LogP contribution in [0.15, 0.2) is 30.5 Å². The van der Waals surface area contributed by atoms with Crippen molar-refractivity contribution in [3.8, 4) is 5.69 Å². The number of nitro benzene ring substituents is 1. The van der Waals surface area contributed by atoms with Crippen LogP contribution >= 0.6 is 0 Å². The van der Waals surface area contributed by atoms with Gasteiger partial charge < -0.3 is 5.32 Å². The van der Waals surface area contributed by atoms with Crippen LogP contribution < -0.4 is 5.32 Å². The Hall–Kier alpha value is -2.28. The molecule has 0 unspecified atom stereocenters. The monoisotopic (exact) mass is 278 g/mol. The maximum absolute atomic E-state index is 13.8. The van der Waals surface area contributed by atoms with Gasteiger partial charge in [0.15, 0.2) is 5.82 Å². The molecular weight excluding hydrogens is 263 g/mol. The second-order valence-electron chi connectivity index (χ2n) is 4.68. The number of aromatic nitrogens is 2. The number of nitrogens with zero attached hydrogens (tertiary/aromatic N) is 3. The average molecular weight is 278 g/mol. The zero-order chi connectivity index (χ0) is 14.7. The van der Waals surface area contributed by atoms with Crippen molar-refractivity contribution in [1.29, 1.82) is 0 Å². The zero-order valence-corrected chi connectivity index (χ0v) is 11.2. The number of halogens is 1. The van der Waals surface area contributed by atoms with E-state index in [1.165, 1.54) is 16.8 Å². The van der Waals surface area contributed by atoms with Crippen molar-refractivity contribution < 1.29 is 9.31 Å². The van der Waals surface area contributed by atoms with Gasteiger partial charge >= 0.3 is 0 Å². The van der Waals surface area contributed by atoms with Crippen LogP contribution in [0.5, 0.6) is 0 Å². The molecule has 1 N–H and O–H groups in total. The quantitative estimate of drug-likeness (QED) is 0.673. The van der Waals surface area contributed by atoms with Crippen molar-refractivity contribution >= 4 is 5.69 Å². The summed E-state index contributed by atoms with van der Waals surface area (Å²) in [5.41, 5.74) is 0.683. The molecule has 1 aromatic heterocycles. The van der Waals surface area contributed by atoms with E-state index >= 15 is 0 Å². The lowest BCUT2D eigenvalue weighted by atomic mass is 10.2. The molecule has 0 saturated heterocycles. The molecule has 2 rings (SSSR count). The molecule has 2 aromatic rings. The summed E-state index contributed by atoms with van der Waals surface area (Å²) in [4.78, 5) is 9.93. The third-order valence-corrected chi connectivity index (χ3v) is 2.72. The van der Waals surface area contributed by atoms with Gasteiger partial charge in [-0.05, 0) is 12.1 Å². The maximum atomic E-state index is 13.8. The Balaban J connectivity index is 2.21. The number of non-ortho nitro benzene ring substituents is 1. The fourth-order valence-corrected chi connectivity index (χ4v) is 1.69. The maximum Gasteiger partial charge on any atom is 0.272 e. The van der Waals surface area contributed by atoms with E-state index in [1.54, 1.807) is 12.3 Å². The van der Waals surface area contributed by atoms with E-state index < -0.39 is 10.7 Å². The molecule has 0 radical (unpaired) electrons. The lowest BCUT2D eigenvalue weighted by Crippen LogP contribution is -2.22. The van der Waals surface area contributed by atoms with E-state index in [-0.39, 0.29) is 11.4 Å². The van der Waals surface area contributed by atoms with Gasteiger partial charge in [0, 0.05) is 24.8 Å². The molecule has 0 aliphatic carbocycles. The first-order valence-corrected chi connectivity index (χ1v) is 6.19. The summed E-state index contributed by atoms with van der Waals surface area (Å²) < 4.78 is 15.2. The molecule has 0 bridgehead atoms. The highest BCUT2D eigenvalue weighted by Crippen LogP contribution is 2.19. The van der Waals surface area contributed by atoms with Gasteiger partial charge in [-0.15, -0.1) is 0 Å². The SMILES string of the molecule is CC(C)NCc1ccn(-c2ccc([N+](=O)[O-])cc2F)n1. The molecule has 7 heteroatoms. The van der Waals surface area contributed by atoms with E-state index in [1.807, 2.05) is 13.8 Å². The van der Waals surface area contributed by atoms with Gasteiger partial charge in [0.1, 0.15) is 5.69 Å². The zero-order valence-electron chi connectivity index (χ0n) is 11.2. The van der Waals surface area contributed by atoms with Crippen molar-refractivity contribution in [3.05, 3.63) is 52.1 Å². The van der Waals surface area contributed by atoms with Gasteiger partial charge in [0.05, 0.1) is 16.7 Å². The van der Waals surface area contributed by atoms with Crippen molar-refractivity contribution in [2.24, 2.45) is 0 Å². The van der Waals surface area contributed by atoms with Crippen LogP contribution in [0.25, 0.3) is 5.69 Å². The molecule has 0 spiro atoms. The summed E-state index contributed by atoms with van der Waals surface area (Å²) in [5.74, 6) is -0.675. The molecule has 0 aliphatic rings. The molecule has 20 heavy (non-hydrogen) atoms. The molecule has 1 heterocycles. The highest BCUT2D eigenvalue weighted by atomic mass is 19.1. The summed E-state index contributed by atoms with van der Waals surface area (Å²) in [5, 5.41) is 18.0. The highest BCUT2D eigenvalue weighted by Gasteiger charge is 2.12. The number of nitro groups is 1.